The first-order chi connectivity index (χ1) is 6.34. The summed E-state index contributed by atoms with van der Waals surface area (Å²) in [4.78, 5) is 2.39. The summed E-state index contributed by atoms with van der Waals surface area (Å²) in [5, 5.41) is 10.5. The average Bonchev–Trinajstić information content (AvgIpc) is 2.52. The fraction of sp³-hybridized carbons (Fsp3) is 0.667. The standard InChI is InChI=1S/C12H18OS/c1-8-5-6-10(14-8)12(4,13)9-7-11(9,2)3/h5-6,9,13H,7H2,1-4H3. The second-order valence-corrected chi connectivity index (χ2v) is 6.59. The Labute approximate surface area is 89.8 Å². The van der Waals surface area contributed by atoms with Crippen LogP contribution < -0.4 is 0 Å². The number of hydrogen-bond acceptors (Lipinski definition) is 2. The molecular weight excluding hydrogens is 192 g/mol. The molecule has 2 heteroatoms. The molecule has 0 amide bonds. The van der Waals surface area contributed by atoms with Gasteiger partial charge in [-0.2, -0.15) is 0 Å². The van der Waals surface area contributed by atoms with Crippen LogP contribution in [0.15, 0.2) is 12.1 Å². The molecule has 0 saturated heterocycles. The van der Waals surface area contributed by atoms with Gasteiger partial charge in [-0.3, -0.25) is 0 Å². The van der Waals surface area contributed by atoms with Gasteiger partial charge in [-0.1, -0.05) is 13.8 Å². The van der Waals surface area contributed by atoms with Gasteiger partial charge in [0.25, 0.3) is 0 Å². The van der Waals surface area contributed by atoms with Crippen molar-refractivity contribution < 1.29 is 5.11 Å². The van der Waals surface area contributed by atoms with Crippen LogP contribution >= 0.6 is 11.3 Å². The van der Waals surface area contributed by atoms with Gasteiger partial charge < -0.3 is 5.11 Å². The first-order valence-corrected chi connectivity index (χ1v) is 5.95. The summed E-state index contributed by atoms with van der Waals surface area (Å²) in [7, 11) is 0. The Morgan fingerprint density at radius 1 is 1.50 bits per heavy atom. The first kappa shape index (κ1) is 10.2. The largest absolute Gasteiger partial charge is 0.384 e. The van der Waals surface area contributed by atoms with Gasteiger partial charge in [0.2, 0.25) is 0 Å². The number of aliphatic hydroxyl groups is 1. The maximum atomic E-state index is 10.5. The van der Waals surface area contributed by atoms with E-state index in [-0.39, 0.29) is 0 Å². The van der Waals surface area contributed by atoms with Crippen molar-refractivity contribution in [2.75, 3.05) is 0 Å². The maximum absolute atomic E-state index is 10.5. The highest BCUT2D eigenvalue weighted by atomic mass is 32.1. The highest BCUT2D eigenvalue weighted by molar-refractivity contribution is 7.12. The van der Waals surface area contributed by atoms with Gasteiger partial charge in [-0.15, -0.1) is 11.3 Å². The third-order valence-corrected chi connectivity index (χ3v) is 4.66. The molecule has 1 aromatic rings. The van der Waals surface area contributed by atoms with Gasteiger partial charge in [0.15, 0.2) is 0 Å². The van der Waals surface area contributed by atoms with Crippen molar-refractivity contribution in [3.63, 3.8) is 0 Å². The minimum atomic E-state index is -0.623. The van der Waals surface area contributed by atoms with Gasteiger partial charge >= 0.3 is 0 Å². The lowest BCUT2D eigenvalue weighted by atomic mass is 9.93. The third-order valence-electron chi connectivity index (χ3n) is 3.43. The van der Waals surface area contributed by atoms with Crippen LogP contribution in [0.2, 0.25) is 0 Å². The molecule has 0 bridgehead atoms. The number of aryl methyl sites for hydroxylation is 1. The highest BCUT2D eigenvalue weighted by Crippen LogP contribution is 2.60. The Kier molecular flexibility index (Phi) is 2.06. The van der Waals surface area contributed by atoms with Crippen LogP contribution in [0.4, 0.5) is 0 Å². The van der Waals surface area contributed by atoms with Crippen molar-refractivity contribution >= 4 is 11.3 Å². The molecule has 2 atom stereocenters. The molecule has 0 aromatic carbocycles. The van der Waals surface area contributed by atoms with E-state index in [9.17, 15) is 5.11 Å². The Morgan fingerprint density at radius 2 is 2.07 bits per heavy atom. The van der Waals surface area contributed by atoms with Gasteiger partial charge in [-0.25, -0.2) is 0 Å². The zero-order chi connectivity index (χ0) is 10.6. The van der Waals surface area contributed by atoms with Crippen molar-refractivity contribution in [1.82, 2.24) is 0 Å². The zero-order valence-corrected chi connectivity index (χ0v) is 10.1. The number of thiophene rings is 1. The second-order valence-electron chi connectivity index (χ2n) is 5.30. The summed E-state index contributed by atoms with van der Waals surface area (Å²) in [6.45, 7) is 8.50. The van der Waals surface area contributed by atoms with Gasteiger partial charge in [0.1, 0.15) is 0 Å². The fourth-order valence-corrected chi connectivity index (χ4v) is 3.27. The average molecular weight is 210 g/mol. The SMILES string of the molecule is Cc1ccc(C(C)(O)C2CC2(C)C)s1. The molecule has 1 fully saturated rings. The van der Waals surface area contributed by atoms with Crippen LogP contribution in [-0.2, 0) is 5.60 Å². The third kappa shape index (κ3) is 1.51. The molecule has 78 valence electrons. The lowest BCUT2D eigenvalue weighted by molar-refractivity contribution is 0.0245. The smallest absolute Gasteiger partial charge is 0.0993 e. The lowest BCUT2D eigenvalue weighted by Gasteiger charge is -2.23. The molecule has 2 unspecified atom stereocenters. The highest BCUT2D eigenvalue weighted by Gasteiger charge is 2.56. The summed E-state index contributed by atoms with van der Waals surface area (Å²) in [5.74, 6) is 0.424. The van der Waals surface area contributed by atoms with Crippen LogP contribution in [0.3, 0.4) is 0 Å². The van der Waals surface area contributed by atoms with E-state index >= 15 is 0 Å². The van der Waals surface area contributed by atoms with Gasteiger partial charge in [0, 0.05) is 9.75 Å². The Bertz CT molecular complexity index is 349. The first-order valence-electron chi connectivity index (χ1n) is 5.13. The molecule has 1 saturated carbocycles. The van der Waals surface area contributed by atoms with Crippen LogP contribution in [0.1, 0.15) is 36.9 Å². The molecule has 1 aliphatic rings. The molecule has 0 aliphatic heterocycles. The summed E-state index contributed by atoms with van der Waals surface area (Å²) in [6, 6.07) is 4.15. The van der Waals surface area contributed by atoms with Crippen LogP contribution in [0.5, 0.6) is 0 Å². The van der Waals surface area contributed by atoms with E-state index in [0.717, 1.165) is 11.3 Å². The number of rotatable bonds is 2. The fourth-order valence-electron chi connectivity index (χ4n) is 2.31. The molecule has 1 aromatic heterocycles. The van der Waals surface area contributed by atoms with Gasteiger partial charge in [-0.05, 0) is 43.7 Å². The van der Waals surface area contributed by atoms with Gasteiger partial charge in [0.05, 0.1) is 5.60 Å². The molecule has 1 nitrogen and oxygen atoms in total. The topological polar surface area (TPSA) is 20.2 Å². The van der Waals surface area contributed by atoms with Crippen molar-refractivity contribution in [3.8, 4) is 0 Å². The summed E-state index contributed by atoms with van der Waals surface area (Å²) < 4.78 is 0. The van der Waals surface area contributed by atoms with Crippen LogP contribution in [0.25, 0.3) is 0 Å². The van der Waals surface area contributed by atoms with E-state index in [4.69, 9.17) is 0 Å². The van der Waals surface area contributed by atoms with E-state index in [2.05, 4.69) is 32.9 Å². The summed E-state index contributed by atoms with van der Waals surface area (Å²) in [5.41, 5.74) is -0.302. The molecule has 1 heterocycles. The van der Waals surface area contributed by atoms with Crippen LogP contribution in [0, 0.1) is 18.3 Å². The quantitative estimate of drug-likeness (QED) is 0.794. The van der Waals surface area contributed by atoms with Crippen molar-refractivity contribution in [2.45, 2.75) is 39.7 Å². The molecule has 2 rings (SSSR count). The molecule has 0 radical (unpaired) electrons. The Balaban J connectivity index is 2.25. The van der Waals surface area contributed by atoms with E-state index in [1.807, 2.05) is 6.92 Å². The summed E-state index contributed by atoms with van der Waals surface area (Å²) in [6.07, 6.45) is 1.14. The van der Waals surface area contributed by atoms with Crippen molar-refractivity contribution in [3.05, 3.63) is 21.9 Å². The Hall–Kier alpha value is -0.340. The number of hydrogen-bond donors (Lipinski definition) is 1. The molecule has 0 spiro atoms. The molecule has 14 heavy (non-hydrogen) atoms. The molecule has 1 N–H and O–H groups in total. The monoisotopic (exact) mass is 210 g/mol. The predicted octanol–water partition coefficient (Wildman–Crippen LogP) is 3.31. The van der Waals surface area contributed by atoms with E-state index < -0.39 is 5.60 Å². The predicted molar refractivity (Wildman–Crippen MR) is 60.5 cm³/mol. The van der Waals surface area contributed by atoms with Crippen molar-refractivity contribution in [1.29, 1.82) is 0 Å². The van der Waals surface area contributed by atoms with E-state index in [0.29, 0.717) is 11.3 Å². The minimum Gasteiger partial charge on any atom is -0.384 e. The second kappa shape index (κ2) is 2.83. The van der Waals surface area contributed by atoms with Crippen molar-refractivity contribution in [2.24, 2.45) is 11.3 Å². The lowest BCUT2D eigenvalue weighted by Crippen LogP contribution is -2.24. The van der Waals surface area contributed by atoms with Crippen LogP contribution in [-0.4, -0.2) is 5.11 Å². The summed E-state index contributed by atoms with van der Waals surface area (Å²) >= 11 is 1.71. The normalized spacial score (nSPS) is 28.5. The van der Waals surface area contributed by atoms with E-state index in [1.165, 1.54) is 4.88 Å². The molecular formula is C12H18OS. The maximum Gasteiger partial charge on any atom is 0.0993 e. The van der Waals surface area contributed by atoms with E-state index in [1.54, 1.807) is 11.3 Å². The molecule has 1 aliphatic carbocycles. The zero-order valence-electron chi connectivity index (χ0n) is 9.29. The Morgan fingerprint density at radius 3 is 2.43 bits per heavy atom. The minimum absolute atomic E-state index is 0.321.